The molecule has 1 heterocycles. The number of para-hydroxylation sites is 1. The number of hydrogen-bond acceptors (Lipinski definition) is 4. The lowest BCUT2D eigenvalue weighted by molar-refractivity contribution is -0.114. The van der Waals surface area contributed by atoms with Crippen molar-refractivity contribution in [3.63, 3.8) is 0 Å². The molecule has 2 aromatic carbocycles. The fourth-order valence-electron chi connectivity index (χ4n) is 2.81. The number of rotatable bonds is 5. The Balaban J connectivity index is 1.88. The maximum atomic E-state index is 12.6. The molecule has 1 aromatic heterocycles. The van der Waals surface area contributed by atoms with Gasteiger partial charge in [-0.25, -0.2) is 8.42 Å². The highest BCUT2D eigenvalue weighted by Gasteiger charge is 2.21. The number of fused-ring (bicyclic) bond motifs is 1. The summed E-state index contributed by atoms with van der Waals surface area (Å²) in [5.41, 5.74) is 3.68. The van der Waals surface area contributed by atoms with E-state index in [-0.39, 0.29) is 6.54 Å². The molecule has 7 heteroatoms. The van der Waals surface area contributed by atoms with Crippen molar-refractivity contribution in [3.05, 3.63) is 65.9 Å². The molecule has 0 atom stereocenters. The van der Waals surface area contributed by atoms with E-state index in [0.717, 1.165) is 27.1 Å². The average molecular weight is 383 g/mol. The first kappa shape index (κ1) is 18.8. The second kappa shape index (κ2) is 7.36. The number of sulfonamides is 1. The minimum atomic E-state index is -3.62. The minimum Gasteiger partial charge on any atom is -0.323 e. The van der Waals surface area contributed by atoms with Gasteiger partial charge >= 0.3 is 0 Å². The van der Waals surface area contributed by atoms with Gasteiger partial charge in [0.2, 0.25) is 15.9 Å². The van der Waals surface area contributed by atoms with Gasteiger partial charge in [-0.2, -0.15) is 0 Å². The summed E-state index contributed by atoms with van der Waals surface area (Å²) in [6, 6.07) is 14.5. The van der Waals surface area contributed by atoms with E-state index in [1.54, 1.807) is 24.4 Å². The highest BCUT2D eigenvalue weighted by Crippen LogP contribution is 2.23. The van der Waals surface area contributed by atoms with E-state index < -0.39 is 15.9 Å². The summed E-state index contributed by atoms with van der Waals surface area (Å²) in [7, 11) is -3.62. The molecular weight excluding hydrogens is 362 g/mol. The predicted octanol–water partition coefficient (Wildman–Crippen LogP) is 3.26. The zero-order valence-electron chi connectivity index (χ0n) is 15.4. The molecule has 0 saturated heterocycles. The zero-order chi connectivity index (χ0) is 19.6. The van der Waals surface area contributed by atoms with Gasteiger partial charge in [0.15, 0.2) is 0 Å². The number of nitrogens with one attached hydrogen (secondary N) is 1. The number of aryl methyl sites for hydroxylation is 2. The van der Waals surface area contributed by atoms with Crippen molar-refractivity contribution in [1.82, 2.24) is 4.98 Å². The van der Waals surface area contributed by atoms with Crippen LogP contribution < -0.4 is 9.62 Å². The lowest BCUT2D eigenvalue weighted by atomic mass is 10.1. The van der Waals surface area contributed by atoms with Crippen molar-refractivity contribution in [2.24, 2.45) is 0 Å². The zero-order valence-corrected chi connectivity index (χ0v) is 16.2. The van der Waals surface area contributed by atoms with Gasteiger partial charge in [-0.05, 0) is 49.2 Å². The first-order chi connectivity index (χ1) is 12.8. The largest absolute Gasteiger partial charge is 0.323 e. The Labute approximate surface area is 158 Å². The van der Waals surface area contributed by atoms with E-state index in [1.165, 1.54) is 0 Å². The van der Waals surface area contributed by atoms with Gasteiger partial charge < -0.3 is 5.32 Å². The first-order valence-corrected chi connectivity index (χ1v) is 10.3. The summed E-state index contributed by atoms with van der Waals surface area (Å²) in [6.07, 6.45) is 2.74. The predicted molar refractivity (Wildman–Crippen MR) is 108 cm³/mol. The van der Waals surface area contributed by atoms with Gasteiger partial charge in [0, 0.05) is 11.6 Å². The first-order valence-electron chi connectivity index (χ1n) is 8.44. The number of benzene rings is 2. The number of hydrogen-bond donors (Lipinski definition) is 1. The summed E-state index contributed by atoms with van der Waals surface area (Å²) >= 11 is 0. The Morgan fingerprint density at radius 1 is 1.07 bits per heavy atom. The van der Waals surface area contributed by atoms with Crippen molar-refractivity contribution in [2.45, 2.75) is 13.8 Å². The van der Waals surface area contributed by atoms with Crippen LogP contribution in [0.3, 0.4) is 0 Å². The molecule has 3 aromatic rings. The molecule has 0 spiro atoms. The number of carbonyl (C=O) groups is 1. The maximum absolute atomic E-state index is 12.6. The number of carbonyl (C=O) groups excluding carboxylic acids is 1. The molecule has 0 radical (unpaired) electrons. The van der Waals surface area contributed by atoms with Gasteiger partial charge in [0.1, 0.15) is 6.54 Å². The lowest BCUT2D eigenvalue weighted by Crippen LogP contribution is -2.37. The summed E-state index contributed by atoms with van der Waals surface area (Å²) in [5.74, 6) is -0.434. The van der Waals surface area contributed by atoms with E-state index in [4.69, 9.17) is 0 Å². The highest BCUT2D eigenvalue weighted by molar-refractivity contribution is 7.92. The van der Waals surface area contributed by atoms with Crippen LogP contribution in [0.25, 0.3) is 10.9 Å². The molecule has 0 aliphatic heterocycles. The van der Waals surface area contributed by atoms with E-state index in [9.17, 15) is 13.2 Å². The Morgan fingerprint density at radius 2 is 1.81 bits per heavy atom. The van der Waals surface area contributed by atoms with Gasteiger partial charge in [-0.1, -0.05) is 24.3 Å². The number of aromatic nitrogens is 1. The van der Waals surface area contributed by atoms with E-state index >= 15 is 0 Å². The maximum Gasteiger partial charge on any atom is 0.245 e. The van der Waals surface area contributed by atoms with Crippen molar-refractivity contribution >= 4 is 38.2 Å². The summed E-state index contributed by atoms with van der Waals surface area (Å²) in [5, 5.41) is 3.67. The molecule has 27 heavy (non-hydrogen) atoms. The van der Waals surface area contributed by atoms with Crippen molar-refractivity contribution in [2.75, 3.05) is 22.4 Å². The summed E-state index contributed by atoms with van der Waals surface area (Å²) < 4.78 is 25.6. The van der Waals surface area contributed by atoms with Crippen LogP contribution in [0.4, 0.5) is 11.4 Å². The fraction of sp³-hybridized carbons (Fsp3) is 0.200. The molecule has 0 aliphatic carbocycles. The molecule has 0 saturated carbocycles. The van der Waals surface area contributed by atoms with Crippen LogP contribution >= 0.6 is 0 Å². The Morgan fingerprint density at radius 3 is 2.52 bits per heavy atom. The van der Waals surface area contributed by atoms with Crippen molar-refractivity contribution < 1.29 is 13.2 Å². The smallest absolute Gasteiger partial charge is 0.245 e. The third kappa shape index (κ3) is 4.25. The molecule has 6 nitrogen and oxygen atoms in total. The molecule has 1 amide bonds. The molecule has 3 rings (SSSR count). The lowest BCUT2D eigenvalue weighted by Gasteiger charge is -2.22. The van der Waals surface area contributed by atoms with Crippen LogP contribution in [0.2, 0.25) is 0 Å². The van der Waals surface area contributed by atoms with E-state index in [2.05, 4.69) is 10.3 Å². The second-order valence-corrected chi connectivity index (χ2v) is 8.37. The quantitative estimate of drug-likeness (QED) is 0.733. The van der Waals surface area contributed by atoms with Gasteiger partial charge in [-0.3, -0.25) is 14.1 Å². The third-order valence-electron chi connectivity index (χ3n) is 4.37. The summed E-state index contributed by atoms with van der Waals surface area (Å²) in [6.45, 7) is 3.54. The molecule has 140 valence electrons. The van der Waals surface area contributed by atoms with Crippen molar-refractivity contribution in [3.8, 4) is 0 Å². The number of pyridine rings is 1. The normalized spacial score (nSPS) is 11.4. The average Bonchev–Trinajstić information content (AvgIpc) is 2.61. The molecule has 0 unspecified atom stereocenters. The van der Waals surface area contributed by atoms with Gasteiger partial charge in [-0.15, -0.1) is 0 Å². The van der Waals surface area contributed by atoms with Crippen LogP contribution in [-0.4, -0.2) is 32.1 Å². The molecule has 1 N–H and O–H groups in total. The van der Waals surface area contributed by atoms with Crippen LogP contribution in [-0.2, 0) is 14.8 Å². The number of amides is 1. The van der Waals surface area contributed by atoms with E-state index in [1.807, 2.05) is 44.2 Å². The third-order valence-corrected chi connectivity index (χ3v) is 5.51. The minimum absolute atomic E-state index is 0.315. The van der Waals surface area contributed by atoms with Crippen LogP contribution in [0, 0.1) is 13.8 Å². The number of anilines is 2. The van der Waals surface area contributed by atoms with Crippen LogP contribution in [0.15, 0.2) is 54.7 Å². The van der Waals surface area contributed by atoms with Crippen LogP contribution in [0.5, 0.6) is 0 Å². The van der Waals surface area contributed by atoms with Crippen molar-refractivity contribution in [1.29, 1.82) is 0 Å². The van der Waals surface area contributed by atoms with E-state index in [0.29, 0.717) is 16.9 Å². The Bertz CT molecular complexity index is 1110. The van der Waals surface area contributed by atoms with Crippen LogP contribution in [0.1, 0.15) is 11.1 Å². The Kier molecular flexibility index (Phi) is 5.14. The highest BCUT2D eigenvalue weighted by atomic mass is 32.2. The SMILES string of the molecule is Cc1ccc(N(CC(=O)Nc2cccc3cccnc23)S(C)(=O)=O)cc1C. The Hall–Kier alpha value is -2.93. The fourth-order valence-corrected chi connectivity index (χ4v) is 3.65. The molecule has 0 fully saturated rings. The topological polar surface area (TPSA) is 79.4 Å². The standard InChI is InChI=1S/C20H21N3O3S/c1-14-9-10-17(12-15(14)2)23(27(3,25)26)13-19(24)22-18-8-4-6-16-7-5-11-21-20(16)18/h4-12H,13H2,1-3H3,(H,22,24). The monoisotopic (exact) mass is 383 g/mol. The summed E-state index contributed by atoms with van der Waals surface area (Å²) in [4.78, 5) is 16.9. The molecular formula is C20H21N3O3S. The molecule has 0 aliphatic rings. The molecule has 0 bridgehead atoms. The number of nitrogens with zero attached hydrogens (tertiary/aromatic N) is 2. The van der Waals surface area contributed by atoms with Gasteiger partial charge in [0.05, 0.1) is 23.1 Å². The second-order valence-electron chi connectivity index (χ2n) is 6.47. The van der Waals surface area contributed by atoms with Gasteiger partial charge in [0.25, 0.3) is 0 Å².